The molecule has 8 nitrogen and oxygen atoms in total. The van der Waals surface area contributed by atoms with Crippen LogP contribution in [0.5, 0.6) is 0 Å². The Bertz CT molecular complexity index is 929. The molecule has 0 spiro atoms. The molecule has 1 aliphatic heterocycles. The zero-order valence-corrected chi connectivity index (χ0v) is 16.1. The highest BCUT2D eigenvalue weighted by Crippen LogP contribution is 2.16. The Morgan fingerprint density at radius 2 is 1.69 bits per heavy atom. The number of benzene rings is 2. The van der Waals surface area contributed by atoms with Crippen molar-refractivity contribution in [2.24, 2.45) is 0 Å². The molecule has 0 atom stereocenters. The average Bonchev–Trinajstić information content (AvgIpc) is 2.95. The van der Waals surface area contributed by atoms with Gasteiger partial charge in [-0.1, -0.05) is 42.5 Å². The standard InChI is InChI=1S/C21H22N4O4/c1-24-14-19(27)25(21(24)29)13-18(26)23-17-10-6-5-9-16(17)20(28)22-12-11-15-7-3-2-4-8-15/h2-10H,11-14H2,1H3,(H,22,28)(H,23,26). The molecule has 1 heterocycles. The van der Waals surface area contributed by atoms with Gasteiger partial charge in [0.1, 0.15) is 13.1 Å². The Morgan fingerprint density at radius 1 is 1.00 bits per heavy atom. The van der Waals surface area contributed by atoms with Gasteiger partial charge in [-0.15, -0.1) is 0 Å². The van der Waals surface area contributed by atoms with Gasteiger partial charge in [0, 0.05) is 13.6 Å². The van der Waals surface area contributed by atoms with E-state index in [0.717, 1.165) is 10.5 Å². The van der Waals surface area contributed by atoms with E-state index in [1.54, 1.807) is 24.3 Å². The highest BCUT2D eigenvalue weighted by Gasteiger charge is 2.34. The normalized spacial score (nSPS) is 13.6. The SMILES string of the molecule is CN1CC(=O)N(CC(=O)Nc2ccccc2C(=O)NCCc2ccccc2)C1=O. The summed E-state index contributed by atoms with van der Waals surface area (Å²) in [6.07, 6.45) is 0.688. The fourth-order valence-electron chi connectivity index (χ4n) is 3.01. The Kier molecular flexibility index (Phi) is 6.23. The number of nitrogens with zero attached hydrogens (tertiary/aromatic N) is 2. The average molecular weight is 394 g/mol. The number of para-hydroxylation sites is 1. The predicted octanol–water partition coefficient (Wildman–Crippen LogP) is 1.49. The summed E-state index contributed by atoms with van der Waals surface area (Å²) in [4.78, 5) is 50.7. The van der Waals surface area contributed by atoms with Crippen molar-refractivity contribution in [2.45, 2.75) is 6.42 Å². The number of urea groups is 1. The third-order valence-corrected chi connectivity index (χ3v) is 4.52. The maximum Gasteiger partial charge on any atom is 0.327 e. The third-order valence-electron chi connectivity index (χ3n) is 4.52. The molecule has 1 aliphatic rings. The molecule has 1 saturated heterocycles. The molecule has 2 aromatic rings. The molecule has 2 N–H and O–H groups in total. The van der Waals surface area contributed by atoms with E-state index in [1.165, 1.54) is 11.9 Å². The van der Waals surface area contributed by atoms with Gasteiger partial charge in [-0.2, -0.15) is 0 Å². The summed E-state index contributed by atoms with van der Waals surface area (Å²) in [5, 5.41) is 5.46. The number of carbonyl (C=O) groups is 4. The molecule has 0 unspecified atom stereocenters. The van der Waals surface area contributed by atoms with Gasteiger partial charge in [-0.25, -0.2) is 4.79 Å². The van der Waals surface area contributed by atoms with Gasteiger partial charge in [0.2, 0.25) is 5.91 Å². The van der Waals surface area contributed by atoms with Crippen molar-refractivity contribution in [3.8, 4) is 0 Å². The smallest absolute Gasteiger partial charge is 0.327 e. The van der Waals surface area contributed by atoms with Crippen LogP contribution in [-0.2, 0) is 16.0 Å². The summed E-state index contributed by atoms with van der Waals surface area (Å²) in [6.45, 7) is 0.00668. The number of nitrogens with one attached hydrogen (secondary N) is 2. The molecular formula is C21H22N4O4. The van der Waals surface area contributed by atoms with Crippen molar-refractivity contribution in [2.75, 3.05) is 32.0 Å². The summed E-state index contributed by atoms with van der Waals surface area (Å²) in [5.74, 6) is -1.30. The van der Waals surface area contributed by atoms with E-state index in [0.29, 0.717) is 24.2 Å². The van der Waals surface area contributed by atoms with Crippen molar-refractivity contribution in [3.63, 3.8) is 0 Å². The molecule has 1 fully saturated rings. The van der Waals surface area contributed by atoms with E-state index in [2.05, 4.69) is 10.6 Å². The number of hydrogen-bond acceptors (Lipinski definition) is 4. The number of carbonyl (C=O) groups excluding carboxylic acids is 4. The first-order valence-corrected chi connectivity index (χ1v) is 9.22. The van der Waals surface area contributed by atoms with E-state index in [1.807, 2.05) is 30.3 Å². The van der Waals surface area contributed by atoms with Crippen molar-refractivity contribution in [3.05, 3.63) is 65.7 Å². The molecule has 0 saturated carbocycles. The molecule has 0 bridgehead atoms. The lowest BCUT2D eigenvalue weighted by molar-refractivity contribution is -0.129. The Hall–Kier alpha value is -3.68. The topological polar surface area (TPSA) is 98.8 Å². The van der Waals surface area contributed by atoms with Crippen molar-refractivity contribution in [1.82, 2.24) is 15.1 Å². The van der Waals surface area contributed by atoms with Crippen LogP contribution in [0, 0.1) is 0 Å². The minimum absolute atomic E-state index is 0.0491. The van der Waals surface area contributed by atoms with Crippen LogP contribution in [0.4, 0.5) is 10.5 Å². The van der Waals surface area contributed by atoms with Crippen LogP contribution in [0.3, 0.4) is 0 Å². The lowest BCUT2D eigenvalue weighted by atomic mass is 10.1. The van der Waals surface area contributed by atoms with E-state index in [9.17, 15) is 19.2 Å². The summed E-state index contributed by atoms with van der Waals surface area (Å²) >= 11 is 0. The minimum Gasteiger partial charge on any atom is -0.352 e. The molecule has 150 valence electrons. The first-order valence-electron chi connectivity index (χ1n) is 9.22. The number of likely N-dealkylation sites (N-methyl/N-ethyl adjacent to an activating group) is 1. The maximum atomic E-state index is 12.5. The summed E-state index contributed by atoms with van der Waals surface area (Å²) in [7, 11) is 1.49. The van der Waals surface area contributed by atoms with Crippen LogP contribution >= 0.6 is 0 Å². The van der Waals surface area contributed by atoms with Crippen LogP contribution < -0.4 is 10.6 Å². The second-order valence-corrected chi connectivity index (χ2v) is 6.70. The Labute approximate surface area is 168 Å². The van der Waals surface area contributed by atoms with Gasteiger partial charge in [0.15, 0.2) is 0 Å². The first-order chi connectivity index (χ1) is 14.0. The van der Waals surface area contributed by atoms with Crippen LogP contribution in [-0.4, -0.2) is 60.2 Å². The molecule has 8 heteroatoms. The molecule has 0 radical (unpaired) electrons. The third kappa shape index (κ3) is 4.98. The largest absolute Gasteiger partial charge is 0.352 e. The monoisotopic (exact) mass is 394 g/mol. The predicted molar refractivity (Wildman–Crippen MR) is 107 cm³/mol. The quantitative estimate of drug-likeness (QED) is 0.695. The zero-order chi connectivity index (χ0) is 20.8. The lowest BCUT2D eigenvalue weighted by Gasteiger charge is -2.15. The summed E-state index contributed by atoms with van der Waals surface area (Å²) in [6, 6.07) is 15.9. The maximum absolute atomic E-state index is 12.5. The fraction of sp³-hybridized carbons (Fsp3) is 0.238. The molecule has 3 rings (SSSR count). The van der Waals surface area contributed by atoms with Gasteiger partial charge < -0.3 is 15.5 Å². The second kappa shape index (κ2) is 9.01. The van der Waals surface area contributed by atoms with Gasteiger partial charge in [-0.05, 0) is 24.1 Å². The number of rotatable bonds is 7. The second-order valence-electron chi connectivity index (χ2n) is 6.70. The van der Waals surface area contributed by atoms with Gasteiger partial charge in [-0.3, -0.25) is 19.3 Å². The zero-order valence-electron chi connectivity index (χ0n) is 16.1. The van der Waals surface area contributed by atoms with Crippen LogP contribution in [0.25, 0.3) is 0 Å². The molecule has 29 heavy (non-hydrogen) atoms. The molecule has 0 aromatic heterocycles. The summed E-state index contributed by atoms with van der Waals surface area (Å²) < 4.78 is 0. The van der Waals surface area contributed by atoms with E-state index in [-0.39, 0.29) is 12.5 Å². The number of anilines is 1. The highest BCUT2D eigenvalue weighted by molar-refractivity contribution is 6.08. The van der Waals surface area contributed by atoms with E-state index in [4.69, 9.17) is 0 Å². The van der Waals surface area contributed by atoms with Crippen molar-refractivity contribution < 1.29 is 19.2 Å². The van der Waals surface area contributed by atoms with E-state index < -0.39 is 24.4 Å². The van der Waals surface area contributed by atoms with Crippen molar-refractivity contribution >= 4 is 29.4 Å². The van der Waals surface area contributed by atoms with E-state index >= 15 is 0 Å². The Morgan fingerprint density at radius 3 is 2.38 bits per heavy atom. The van der Waals surface area contributed by atoms with Crippen LogP contribution in [0.15, 0.2) is 54.6 Å². The van der Waals surface area contributed by atoms with Crippen molar-refractivity contribution in [1.29, 1.82) is 0 Å². The van der Waals surface area contributed by atoms with Crippen LogP contribution in [0.1, 0.15) is 15.9 Å². The number of imide groups is 1. The summed E-state index contributed by atoms with van der Waals surface area (Å²) in [5.41, 5.74) is 1.74. The lowest BCUT2D eigenvalue weighted by Crippen LogP contribution is -2.38. The first kappa shape index (κ1) is 20.1. The van der Waals surface area contributed by atoms with Gasteiger partial charge in [0.05, 0.1) is 11.3 Å². The van der Waals surface area contributed by atoms with Gasteiger partial charge >= 0.3 is 6.03 Å². The number of hydrogen-bond donors (Lipinski definition) is 2. The van der Waals surface area contributed by atoms with Crippen LogP contribution in [0.2, 0.25) is 0 Å². The highest BCUT2D eigenvalue weighted by atomic mass is 16.2. The molecular weight excluding hydrogens is 372 g/mol. The Balaban J connectivity index is 1.59. The number of amides is 5. The minimum atomic E-state index is -0.550. The fourth-order valence-corrected chi connectivity index (χ4v) is 3.01. The molecule has 2 aromatic carbocycles. The molecule has 0 aliphatic carbocycles. The van der Waals surface area contributed by atoms with Gasteiger partial charge in [0.25, 0.3) is 11.8 Å². The molecule has 5 amide bonds.